The fourth-order valence-electron chi connectivity index (χ4n) is 0.789. The van der Waals surface area contributed by atoms with Crippen molar-refractivity contribution >= 4 is 15.9 Å². The van der Waals surface area contributed by atoms with Gasteiger partial charge in [0.1, 0.15) is 0 Å². The average Bonchev–Trinajstić information content (AvgIpc) is 2.14. The van der Waals surface area contributed by atoms with Crippen LogP contribution in [-0.4, -0.2) is 29.3 Å². The van der Waals surface area contributed by atoms with Crippen molar-refractivity contribution < 1.29 is 9.84 Å². The molecule has 0 spiro atoms. The molecule has 2 atom stereocenters. The molecule has 0 aromatic heterocycles. The average molecular weight is 181 g/mol. The van der Waals surface area contributed by atoms with Crippen molar-refractivity contribution in [1.82, 2.24) is 0 Å². The van der Waals surface area contributed by atoms with Gasteiger partial charge >= 0.3 is 0 Å². The quantitative estimate of drug-likeness (QED) is 0.598. The number of rotatable bonds is 1. The molecule has 0 unspecified atom stereocenters. The second-order valence-corrected chi connectivity index (χ2v) is 3.27. The Bertz CT molecular complexity index is 76.8. The Balaban J connectivity index is 2.22. The fraction of sp³-hybridized carbons (Fsp3) is 1.00. The van der Waals surface area contributed by atoms with Crippen molar-refractivity contribution in [2.75, 3.05) is 13.2 Å². The third kappa shape index (κ3) is 1.44. The molecule has 2 nitrogen and oxygen atoms in total. The van der Waals surface area contributed by atoms with Crippen molar-refractivity contribution in [3.05, 3.63) is 0 Å². The summed E-state index contributed by atoms with van der Waals surface area (Å²) in [4.78, 5) is 0.458. The van der Waals surface area contributed by atoms with Crippen LogP contribution >= 0.6 is 15.9 Å². The largest absolute Gasteiger partial charge is 0.394 e. The molecule has 1 saturated heterocycles. The lowest BCUT2D eigenvalue weighted by atomic mass is 10.2. The zero-order valence-corrected chi connectivity index (χ0v) is 6.10. The van der Waals surface area contributed by atoms with Crippen molar-refractivity contribution in [1.29, 1.82) is 0 Å². The first kappa shape index (κ1) is 6.52. The van der Waals surface area contributed by atoms with Gasteiger partial charge in [-0.25, -0.2) is 0 Å². The zero-order chi connectivity index (χ0) is 5.98. The highest BCUT2D eigenvalue weighted by Crippen LogP contribution is 2.18. The smallest absolute Gasteiger partial charge is 0.0817 e. The Hall–Kier alpha value is 0.400. The van der Waals surface area contributed by atoms with Crippen LogP contribution in [0.5, 0.6) is 0 Å². The SMILES string of the molecule is OC[C@@H]1C[C@@H](Br)CO1. The molecule has 8 heavy (non-hydrogen) atoms. The Morgan fingerprint density at radius 2 is 2.50 bits per heavy atom. The maximum atomic E-state index is 8.54. The highest BCUT2D eigenvalue weighted by Gasteiger charge is 2.21. The number of ether oxygens (including phenoxy) is 1. The first-order chi connectivity index (χ1) is 3.83. The van der Waals surface area contributed by atoms with Gasteiger partial charge in [0.25, 0.3) is 0 Å². The Labute approximate surface area is 57.0 Å². The van der Waals surface area contributed by atoms with E-state index < -0.39 is 0 Å². The molecule has 0 amide bonds. The van der Waals surface area contributed by atoms with Crippen LogP contribution in [0.1, 0.15) is 6.42 Å². The summed E-state index contributed by atoms with van der Waals surface area (Å²) in [6, 6.07) is 0. The van der Waals surface area contributed by atoms with Crippen molar-refractivity contribution in [3.63, 3.8) is 0 Å². The van der Waals surface area contributed by atoms with Gasteiger partial charge in [-0.1, -0.05) is 15.9 Å². The molecular formula is C5H9BrO2. The van der Waals surface area contributed by atoms with E-state index in [4.69, 9.17) is 9.84 Å². The molecule has 1 rings (SSSR count). The molecular weight excluding hydrogens is 172 g/mol. The van der Waals surface area contributed by atoms with E-state index in [9.17, 15) is 0 Å². The summed E-state index contributed by atoms with van der Waals surface area (Å²) in [5.41, 5.74) is 0. The van der Waals surface area contributed by atoms with Crippen molar-refractivity contribution in [3.8, 4) is 0 Å². The molecule has 0 aromatic rings. The highest BCUT2D eigenvalue weighted by atomic mass is 79.9. The van der Waals surface area contributed by atoms with Crippen LogP contribution in [0, 0.1) is 0 Å². The summed E-state index contributed by atoms with van der Waals surface area (Å²) in [5.74, 6) is 0. The number of hydrogen-bond donors (Lipinski definition) is 1. The van der Waals surface area contributed by atoms with Gasteiger partial charge in [-0.15, -0.1) is 0 Å². The van der Waals surface area contributed by atoms with Gasteiger partial charge < -0.3 is 9.84 Å². The van der Waals surface area contributed by atoms with Crippen LogP contribution in [-0.2, 0) is 4.74 Å². The van der Waals surface area contributed by atoms with E-state index in [1.807, 2.05) is 0 Å². The molecule has 1 aliphatic heterocycles. The summed E-state index contributed by atoms with van der Waals surface area (Å²) in [7, 11) is 0. The second-order valence-electron chi connectivity index (χ2n) is 1.97. The molecule has 1 aliphatic rings. The van der Waals surface area contributed by atoms with Crippen molar-refractivity contribution in [2.24, 2.45) is 0 Å². The molecule has 0 aromatic carbocycles. The predicted octanol–water partition coefficient (Wildman–Crippen LogP) is 0.531. The minimum absolute atomic E-state index is 0.0828. The van der Waals surface area contributed by atoms with Crippen LogP contribution in [0.2, 0.25) is 0 Å². The molecule has 0 radical (unpaired) electrons. The van der Waals surface area contributed by atoms with E-state index >= 15 is 0 Å². The van der Waals surface area contributed by atoms with Gasteiger partial charge in [0.15, 0.2) is 0 Å². The van der Waals surface area contributed by atoms with Crippen LogP contribution < -0.4 is 0 Å². The lowest BCUT2D eigenvalue weighted by Gasteiger charge is -2.00. The molecule has 0 saturated carbocycles. The van der Waals surface area contributed by atoms with Gasteiger partial charge in [-0.05, 0) is 6.42 Å². The van der Waals surface area contributed by atoms with E-state index in [1.54, 1.807) is 0 Å². The normalized spacial score (nSPS) is 38.2. The maximum absolute atomic E-state index is 8.54. The molecule has 1 fully saturated rings. The highest BCUT2D eigenvalue weighted by molar-refractivity contribution is 9.09. The standard InChI is InChI=1S/C5H9BrO2/c6-4-1-5(2-7)8-3-4/h4-5,7H,1-3H2/t4-,5+/m1/s1. The summed E-state index contributed by atoms with van der Waals surface area (Å²) in [5, 5.41) is 8.54. The second kappa shape index (κ2) is 2.80. The van der Waals surface area contributed by atoms with Gasteiger partial charge in [0.2, 0.25) is 0 Å². The van der Waals surface area contributed by atoms with Crippen LogP contribution in [0.25, 0.3) is 0 Å². The third-order valence-corrected chi connectivity index (χ3v) is 1.87. The van der Waals surface area contributed by atoms with Crippen LogP contribution in [0.3, 0.4) is 0 Å². The summed E-state index contributed by atoms with van der Waals surface area (Å²) in [6.45, 7) is 0.896. The molecule has 0 aliphatic carbocycles. The lowest BCUT2D eigenvalue weighted by Crippen LogP contribution is -2.09. The Morgan fingerprint density at radius 1 is 1.75 bits per heavy atom. The monoisotopic (exact) mass is 180 g/mol. The number of alkyl halides is 1. The van der Waals surface area contributed by atoms with Gasteiger partial charge in [-0.2, -0.15) is 0 Å². The Kier molecular flexibility index (Phi) is 2.28. The van der Waals surface area contributed by atoms with Crippen LogP contribution in [0.15, 0.2) is 0 Å². The Morgan fingerprint density at radius 3 is 2.75 bits per heavy atom. The number of aliphatic hydroxyl groups is 1. The van der Waals surface area contributed by atoms with E-state index in [2.05, 4.69) is 15.9 Å². The third-order valence-electron chi connectivity index (χ3n) is 1.24. The summed E-state index contributed by atoms with van der Waals surface area (Å²) >= 11 is 3.38. The van der Waals surface area contributed by atoms with Gasteiger partial charge in [0.05, 0.1) is 19.3 Å². The first-order valence-electron chi connectivity index (χ1n) is 2.69. The minimum atomic E-state index is 0.0828. The van der Waals surface area contributed by atoms with Gasteiger partial charge in [-0.3, -0.25) is 0 Å². The van der Waals surface area contributed by atoms with E-state index in [-0.39, 0.29) is 12.7 Å². The fourth-order valence-corrected chi connectivity index (χ4v) is 1.36. The maximum Gasteiger partial charge on any atom is 0.0817 e. The summed E-state index contributed by atoms with van der Waals surface area (Å²) in [6.07, 6.45) is 1.02. The minimum Gasteiger partial charge on any atom is -0.394 e. The molecule has 1 heterocycles. The number of aliphatic hydroxyl groups excluding tert-OH is 1. The summed E-state index contributed by atoms with van der Waals surface area (Å²) < 4.78 is 5.12. The van der Waals surface area contributed by atoms with E-state index in [0.29, 0.717) is 4.83 Å². The predicted molar refractivity (Wildman–Crippen MR) is 34.2 cm³/mol. The van der Waals surface area contributed by atoms with Crippen molar-refractivity contribution in [2.45, 2.75) is 17.4 Å². The molecule has 1 N–H and O–H groups in total. The van der Waals surface area contributed by atoms with Gasteiger partial charge in [0, 0.05) is 4.83 Å². The molecule has 0 bridgehead atoms. The zero-order valence-electron chi connectivity index (χ0n) is 4.51. The topological polar surface area (TPSA) is 29.5 Å². The number of halogens is 1. The number of hydrogen-bond acceptors (Lipinski definition) is 2. The molecule has 3 heteroatoms. The van der Waals surface area contributed by atoms with Crippen LogP contribution in [0.4, 0.5) is 0 Å². The van der Waals surface area contributed by atoms with E-state index in [1.165, 1.54) is 0 Å². The van der Waals surface area contributed by atoms with E-state index in [0.717, 1.165) is 13.0 Å². The lowest BCUT2D eigenvalue weighted by molar-refractivity contribution is 0.0593. The first-order valence-corrected chi connectivity index (χ1v) is 3.61. The molecule has 48 valence electrons.